The van der Waals surface area contributed by atoms with Gasteiger partial charge in [-0.2, -0.15) is 0 Å². The minimum atomic E-state index is -0.169. The molecule has 0 saturated carbocycles. The Labute approximate surface area is 159 Å². The Morgan fingerprint density at radius 2 is 1.73 bits per heavy atom. The molecule has 0 aliphatic heterocycles. The van der Waals surface area contributed by atoms with Crippen molar-refractivity contribution in [1.29, 1.82) is 0 Å². The Balaban J connectivity index is 1.83. The lowest BCUT2D eigenvalue weighted by Gasteiger charge is -2.08. The first-order valence-electron chi connectivity index (χ1n) is 8.23. The number of hydrogen-bond donors (Lipinski definition) is 1. The summed E-state index contributed by atoms with van der Waals surface area (Å²) in [6.45, 7) is 2.01. The molecule has 0 saturated heterocycles. The molecule has 0 spiro atoms. The molecular formula is C21H16BrN3O. The molecule has 2 aromatic heterocycles. The van der Waals surface area contributed by atoms with Gasteiger partial charge in [-0.1, -0.05) is 52.3 Å². The lowest BCUT2D eigenvalue weighted by atomic mass is 10.1. The molecule has 0 aliphatic rings. The third-order valence-electron chi connectivity index (χ3n) is 4.23. The SMILES string of the molecule is Cc1cccn2c(NC(=O)c3ccc(Br)cc3)c(-c3ccccc3)nc12. The maximum Gasteiger partial charge on any atom is 0.256 e. The molecule has 0 radical (unpaired) electrons. The van der Waals surface area contributed by atoms with Crippen LogP contribution < -0.4 is 5.32 Å². The molecule has 0 aliphatic carbocycles. The first-order chi connectivity index (χ1) is 12.6. The number of imidazole rings is 1. The average Bonchev–Trinajstić information content (AvgIpc) is 3.03. The van der Waals surface area contributed by atoms with Crippen LogP contribution in [0.5, 0.6) is 0 Å². The average molecular weight is 406 g/mol. The summed E-state index contributed by atoms with van der Waals surface area (Å²) in [6.07, 6.45) is 1.92. The molecule has 4 rings (SSSR count). The predicted octanol–water partition coefficient (Wildman–Crippen LogP) is 5.32. The normalized spacial score (nSPS) is 10.8. The number of anilines is 1. The van der Waals surface area contributed by atoms with Crippen LogP contribution in [-0.2, 0) is 0 Å². The van der Waals surface area contributed by atoms with E-state index in [-0.39, 0.29) is 5.91 Å². The maximum atomic E-state index is 12.8. The smallest absolute Gasteiger partial charge is 0.256 e. The molecule has 5 heteroatoms. The fourth-order valence-corrected chi connectivity index (χ4v) is 3.17. The number of aromatic nitrogens is 2. The molecule has 1 N–H and O–H groups in total. The van der Waals surface area contributed by atoms with Crippen molar-refractivity contribution in [2.45, 2.75) is 6.92 Å². The number of pyridine rings is 1. The fraction of sp³-hybridized carbons (Fsp3) is 0.0476. The summed E-state index contributed by atoms with van der Waals surface area (Å²) < 4.78 is 2.86. The van der Waals surface area contributed by atoms with E-state index >= 15 is 0 Å². The lowest BCUT2D eigenvalue weighted by Crippen LogP contribution is -2.14. The second-order valence-electron chi connectivity index (χ2n) is 6.02. The maximum absolute atomic E-state index is 12.8. The number of nitrogens with one attached hydrogen (secondary N) is 1. The predicted molar refractivity (Wildman–Crippen MR) is 107 cm³/mol. The Morgan fingerprint density at radius 3 is 2.46 bits per heavy atom. The highest BCUT2D eigenvalue weighted by molar-refractivity contribution is 9.10. The molecule has 0 atom stereocenters. The summed E-state index contributed by atoms with van der Waals surface area (Å²) in [7, 11) is 0. The number of carbonyl (C=O) groups excluding carboxylic acids is 1. The van der Waals surface area contributed by atoms with Gasteiger partial charge < -0.3 is 5.32 Å². The third-order valence-corrected chi connectivity index (χ3v) is 4.76. The summed E-state index contributed by atoms with van der Waals surface area (Å²) >= 11 is 3.39. The molecule has 128 valence electrons. The third kappa shape index (κ3) is 3.02. The van der Waals surface area contributed by atoms with Gasteiger partial charge in [0, 0.05) is 21.8 Å². The van der Waals surface area contributed by atoms with E-state index < -0.39 is 0 Å². The Bertz CT molecular complexity index is 1090. The van der Waals surface area contributed by atoms with Gasteiger partial charge in [0.1, 0.15) is 17.2 Å². The molecule has 0 unspecified atom stereocenters. The number of rotatable bonds is 3. The van der Waals surface area contributed by atoms with Crippen molar-refractivity contribution in [2.75, 3.05) is 5.32 Å². The van der Waals surface area contributed by atoms with Gasteiger partial charge in [0.05, 0.1) is 0 Å². The van der Waals surface area contributed by atoms with Gasteiger partial charge in [-0.3, -0.25) is 9.20 Å². The van der Waals surface area contributed by atoms with Gasteiger partial charge in [-0.25, -0.2) is 4.98 Å². The largest absolute Gasteiger partial charge is 0.306 e. The first-order valence-corrected chi connectivity index (χ1v) is 9.03. The quantitative estimate of drug-likeness (QED) is 0.500. The van der Waals surface area contributed by atoms with Crippen LogP contribution in [0.4, 0.5) is 5.82 Å². The van der Waals surface area contributed by atoms with E-state index in [4.69, 9.17) is 4.98 Å². The molecule has 0 fully saturated rings. The number of hydrogen-bond acceptors (Lipinski definition) is 2. The molecule has 2 heterocycles. The summed E-state index contributed by atoms with van der Waals surface area (Å²) in [5.74, 6) is 0.501. The van der Waals surface area contributed by atoms with Gasteiger partial charge in [-0.05, 0) is 42.8 Å². The molecule has 4 aromatic rings. The standard InChI is InChI=1S/C21H16BrN3O/c1-14-6-5-13-25-19(14)23-18(15-7-3-2-4-8-15)20(25)24-21(26)16-9-11-17(22)12-10-16/h2-13H,1H3,(H,24,26). The number of aryl methyl sites for hydroxylation is 1. The highest BCUT2D eigenvalue weighted by atomic mass is 79.9. The van der Waals surface area contributed by atoms with Crippen molar-refractivity contribution in [3.8, 4) is 11.3 Å². The van der Waals surface area contributed by atoms with E-state index in [1.807, 2.05) is 72.1 Å². The van der Waals surface area contributed by atoms with Gasteiger partial charge in [0.2, 0.25) is 0 Å². The lowest BCUT2D eigenvalue weighted by molar-refractivity contribution is 0.102. The number of halogens is 1. The van der Waals surface area contributed by atoms with Crippen molar-refractivity contribution in [3.63, 3.8) is 0 Å². The number of carbonyl (C=O) groups is 1. The van der Waals surface area contributed by atoms with Crippen LogP contribution in [0.25, 0.3) is 16.9 Å². The monoisotopic (exact) mass is 405 g/mol. The van der Waals surface area contributed by atoms with E-state index in [9.17, 15) is 4.79 Å². The topological polar surface area (TPSA) is 46.4 Å². The summed E-state index contributed by atoms with van der Waals surface area (Å²) in [6, 6.07) is 21.1. The van der Waals surface area contributed by atoms with E-state index in [0.717, 1.165) is 26.9 Å². The molecule has 0 bridgehead atoms. The zero-order valence-corrected chi connectivity index (χ0v) is 15.7. The number of amides is 1. The van der Waals surface area contributed by atoms with Crippen LogP contribution >= 0.6 is 15.9 Å². The molecule has 1 amide bonds. The molecule has 26 heavy (non-hydrogen) atoms. The zero-order valence-electron chi connectivity index (χ0n) is 14.1. The van der Waals surface area contributed by atoms with Gasteiger partial charge in [-0.15, -0.1) is 0 Å². The second kappa shape index (κ2) is 6.77. The van der Waals surface area contributed by atoms with E-state index in [1.165, 1.54) is 0 Å². The summed E-state index contributed by atoms with van der Waals surface area (Å²) in [5.41, 5.74) is 4.19. The van der Waals surface area contributed by atoms with Crippen molar-refractivity contribution >= 4 is 33.3 Å². The highest BCUT2D eigenvalue weighted by Gasteiger charge is 2.18. The second-order valence-corrected chi connectivity index (χ2v) is 6.94. The molecular weight excluding hydrogens is 390 g/mol. The fourth-order valence-electron chi connectivity index (χ4n) is 2.90. The van der Waals surface area contributed by atoms with Crippen LogP contribution in [-0.4, -0.2) is 15.3 Å². The van der Waals surface area contributed by atoms with E-state index in [1.54, 1.807) is 12.1 Å². The van der Waals surface area contributed by atoms with Crippen molar-refractivity contribution in [2.24, 2.45) is 0 Å². The van der Waals surface area contributed by atoms with E-state index in [2.05, 4.69) is 21.2 Å². The van der Waals surface area contributed by atoms with Crippen LogP contribution in [0.15, 0.2) is 77.4 Å². The van der Waals surface area contributed by atoms with Gasteiger partial charge in [0.25, 0.3) is 5.91 Å². The van der Waals surface area contributed by atoms with Crippen molar-refractivity contribution in [3.05, 3.63) is 88.5 Å². The van der Waals surface area contributed by atoms with E-state index in [0.29, 0.717) is 11.4 Å². The summed E-state index contributed by atoms with van der Waals surface area (Å²) in [5, 5.41) is 3.04. The van der Waals surface area contributed by atoms with Gasteiger partial charge in [0.15, 0.2) is 0 Å². The van der Waals surface area contributed by atoms with Crippen LogP contribution in [0, 0.1) is 6.92 Å². The highest BCUT2D eigenvalue weighted by Crippen LogP contribution is 2.30. The minimum absolute atomic E-state index is 0.169. The first kappa shape index (κ1) is 16.5. The Hall–Kier alpha value is -2.92. The molecule has 4 nitrogen and oxygen atoms in total. The minimum Gasteiger partial charge on any atom is -0.306 e. The summed E-state index contributed by atoms with van der Waals surface area (Å²) in [4.78, 5) is 17.6. The molecule has 2 aromatic carbocycles. The Kier molecular flexibility index (Phi) is 4.31. The van der Waals surface area contributed by atoms with Crippen molar-refractivity contribution in [1.82, 2.24) is 9.38 Å². The number of nitrogens with zero attached hydrogens (tertiary/aromatic N) is 2. The van der Waals surface area contributed by atoms with Crippen LogP contribution in [0.1, 0.15) is 15.9 Å². The number of benzene rings is 2. The zero-order chi connectivity index (χ0) is 18.1. The van der Waals surface area contributed by atoms with Crippen LogP contribution in [0.3, 0.4) is 0 Å². The van der Waals surface area contributed by atoms with Crippen LogP contribution in [0.2, 0.25) is 0 Å². The Morgan fingerprint density at radius 1 is 1.00 bits per heavy atom. The van der Waals surface area contributed by atoms with Gasteiger partial charge >= 0.3 is 0 Å². The number of fused-ring (bicyclic) bond motifs is 1. The van der Waals surface area contributed by atoms with Crippen molar-refractivity contribution < 1.29 is 4.79 Å².